The number of amides is 1. The van der Waals surface area contributed by atoms with Gasteiger partial charge in [-0.25, -0.2) is 9.78 Å². The number of fused-ring (bicyclic) bond motifs is 1. The fourth-order valence-corrected chi connectivity index (χ4v) is 4.16. The van der Waals surface area contributed by atoms with Gasteiger partial charge in [-0.15, -0.1) is 17.9 Å². The van der Waals surface area contributed by atoms with E-state index in [2.05, 4.69) is 11.6 Å². The van der Waals surface area contributed by atoms with Crippen molar-refractivity contribution in [1.82, 2.24) is 9.55 Å². The van der Waals surface area contributed by atoms with Gasteiger partial charge in [-0.2, -0.15) is 0 Å². The second-order valence-electron chi connectivity index (χ2n) is 6.56. The average Bonchev–Trinajstić information content (AvgIpc) is 3.35. The number of nitrogens with zero attached hydrogens (tertiary/aromatic N) is 3. The predicted octanol–water partition coefficient (Wildman–Crippen LogP) is 4.98. The maximum Gasteiger partial charge on any atom is 0.419 e. The van der Waals surface area contributed by atoms with Crippen molar-refractivity contribution in [2.75, 3.05) is 11.4 Å². The van der Waals surface area contributed by atoms with Crippen LogP contribution in [0.3, 0.4) is 0 Å². The fraction of sp³-hybridized carbons (Fsp3) is 0.136. The van der Waals surface area contributed by atoms with E-state index in [9.17, 15) is 9.59 Å². The number of aromatic nitrogens is 2. The highest BCUT2D eigenvalue weighted by atomic mass is 35.5. The minimum atomic E-state index is -0.518. The van der Waals surface area contributed by atoms with Crippen LogP contribution in [0.1, 0.15) is 6.42 Å². The summed E-state index contributed by atoms with van der Waals surface area (Å²) >= 11 is 7.35. The summed E-state index contributed by atoms with van der Waals surface area (Å²) in [6.07, 6.45) is 1.77. The largest absolute Gasteiger partial charge is 0.419 e. The number of benzene rings is 2. The predicted molar refractivity (Wildman–Crippen MR) is 120 cm³/mol. The van der Waals surface area contributed by atoms with Crippen molar-refractivity contribution in [2.45, 2.75) is 13.0 Å². The molecule has 0 aliphatic heterocycles. The third kappa shape index (κ3) is 4.08. The van der Waals surface area contributed by atoms with Crippen LogP contribution in [0.25, 0.3) is 22.4 Å². The Morgan fingerprint density at radius 2 is 2.07 bits per heavy atom. The lowest BCUT2D eigenvalue weighted by Gasteiger charge is -2.18. The second-order valence-corrected chi connectivity index (χ2v) is 7.83. The lowest BCUT2D eigenvalue weighted by atomic mass is 10.2. The Hall–Kier alpha value is -3.16. The van der Waals surface area contributed by atoms with E-state index in [-0.39, 0.29) is 18.9 Å². The number of thiazole rings is 1. The maximum absolute atomic E-state index is 13.0. The molecular weight excluding hydrogens is 422 g/mol. The molecule has 6 nitrogen and oxygen atoms in total. The molecule has 0 saturated carbocycles. The summed E-state index contributed by atoms with van der Waals surface area (Å²) < 4.78 is 6.67. The van der Waals surface area contributed by atoms with Gasteiger partial charge in [0.05, 0.1) is 11.2 Å². The number of halogens is 1. The van der Waals surface area contributed by atoms with E-state index in [0.717, 1.165) is 11.3 Å². The summed E-state index contributed by atoms with van der Waals surface area (Å²) in [5, 5.41) is 3.00. The molecule has 0 atom stereocenters. The molecule has 0 N–H and O–H groups in total. The molecule has 2 aromatic carbocycles. The molecule has 0 radical (unpaired) electrons. The highest BCUT2D eigenvalue weighted by Crippen LogP contribution is 2.28. The van der Waals surface area contributed by atoms with Crippen LogP contribution >= 0.6 is 22.9 Å². The van der Waals surface area contributed by atoms with Gasteiger partial charge in [0.15, 0.2) is 10.7 Å². The zero-order valence-corrected chi connectivity index (χ0v) is 17.5. The third-order valence-electron chi connectivity index (χ3n) is 4.58. The van der Waals surface area contributed by atoms with E-state index in [1.54, 1.807) is 29.2 Å². The number of oxazole rings is 1. The van der Waals surface area contributed by atoms with Crippen LogP contribution in [0, 0.1) is 0 Å². The lowest BCUT2D eigenvalue weighted by molar-refractivity contribution is -0.118. The van der Waals surface area contributed by atoms with Crippen molar-refractivity contribution in [3.05, 3.63) is 82.1 Å². The molecule has 0 aliphatic rings. The van der Waals surface area contributed by atoms with Gasteiger partial charge in [0.2, 0.25) is 5.91 Å². The zero-order valence-electron chi connectivity index (χ0n) is 16.0. The molecule has 2 aromatic heterocycles. The Labute approximate surface area is 181 Å². The first kappa shape index (κ1) is 20.1. The Balaban J connectivity index is 1.54. The summed E-state index contributed by atoms with van der Waals surface area (Å²) in [7, 11) is 0. The molecule has 4 rings (SSSR count). The molecule has 152 valence electrons. The van der Waals surface area contributed by atoms with E-state index in [1.165, 1.54) is 15.9 Å². The first-order chi connectivity index (χ1) is 14.6. The molecule has 0 fully saturated rings. The molecule has 1 amide bonds. The Morgan fingerprint density at radius 3 is 2.83 bits per heavy atom. The molecule has 0 unspecified atom stereocenters. The molecule has 8 heteroatoms. The number of rotatable bonds is 7. The normalized spacial score (nSPS) is 11.0. The first-order valence-electron chi connectivity index (χ1n) is 9.28. The average molecular weight is 440 g/mol. The van der Waals surface area contributed by atoms with Crippen molar-refractivity contribution < 1.29 is 9.21 Å². The van der Waals surface area contributed by atoms with Gasteiger partial charge in [0.25, 0.3) is 0 Å². The quantitative estimate of drug-likeness (QED) is 0.381. The smallest absolute Gasteiger partial charge is 0.408 e. The number of carbonyl (C=O) groups is 1. The summed E-state index contributed by atoms with van der Waals surface area (Å²) in [6, 6.07) is 14.8. The van der Waals surface area contributed by atoms with Crippen LogP contribution in [-0.2, 0) is 11.3 Å². The zero-order chi connectivity index (χ0) is 21.1. The standard InChI is InChI=1S/C22H18ClN3O3S/c1-2-11-26(21-24-17(14-30-21)15-6-4-3-5-7-15)20(27)10-12-25-18-9-8-16(23)13-19(18)29-22(25)28/h2-9,13-14H,1,10-12H2. The molecule has 2 heterocycles. The van der Waals surface area contributed by atoms with E-state index in [1.807, 2.05) is 35.7 Å². The summed E-state index contributed by atoms with van der Waals surface area (Å²) in [6.45, 7) is 4.27. The number of hydrogen-bond acceptors (Lipinski definition) is 5. The lowest BCUT2D eigenvalue weighted by Crippen LogP contribution is -2.32. The van der Waals surface area contributed by atoms with Crippen LogP contribution in [0.15, 0.2) is 75.8 Å². The fourth-order valence-electron chi connectivity index (χ4n) is 3.14. The van der Waals surface area contributed by atoms with Crippen LogP contribution in [0.2, 0.25) is 5.02 Å². The van der Waals surface area contributed by atoms with Crippen molar-refractivity contribution in [1.29, 1.82) is 0 Å². The van der Waals surface area contributed by atoms with Crippen LogP contribution < -0.4 is 10.7 Å². The topological polar surface area (TPSA) is 68.3 Å². The van der Waals surface area contributed by atoms with Crippen molar-refractivity contribution in [3.63, 3.8) is 0 Å². The van der Waals surface area contributed by atoms with Gasteiger partial charge in [0.1, 0.15) is 0 Å². The summed E-state index contributed by atoms with van der Waals surface area (Å²) in [5.41, 5.74) is 2.80. The van der Waals surface area contributed by atoms with E-state index < -0.39 is 5.76 Å². The van der Waals surface area contributed by atoms with Gasteiger partial charge in [0, 0.05) is 41.5 Å². The van der Waals surface area contributed by atoms with Crippen LogP contribution in [-0.4, -0.2) is 22.0 Å². The minimum Gasteiger partial charge on any atom is -0.408 e. The first-order valence-corrected chi connectivity index (χ1v) is 10.5. The van der Waals surface area contributed by atoms with Crippen molar-refractivity contribution in [2.24, 2.45) is 0 Å². The minimum absolute atomic E-state index is 0.116. The Morgan fingerprint density at radius 1 is 1.27 bits per heavy atom. The SMILES string of the molecule is C=CCN(C(=O)CCn1c(=O)oc2cc(Cl)ccc21)c1nc(-c2ccccc2)cs1. The molecule has 0 saturated heterocycles. The van der Waals surface area contributed by atoms with Crippen molar-refractivity contribution in [3.8, 4) is 11.3 Å². The Bertz CT molecular complexity index is 1260. The molecule has 0 aliphatic carbocycles. The molecule has 30 heavy (non-hydrogen) atoms. The Kier molecular flexibility index (Phi) is 5.83. The van der Waals surface area contributed by atoms with Gasteiger partial charge < -0.3 is 4.42 Å². The second kappa shape index (κ2) is 8.69. The van der Waals surface area contributed by atoms with Crippen LogP contribution in [0.4, 0.5) is 5.13 Å². The van der Waals surface area contributed by atoms with Crippen molar-refractivity contribution >= 4 is 45.1 Å². The van der Waals surface area contributed by atoms with E-state index in [0.29, 0.717) is 27.8 Å². The number of anilines is 1. The summed E-state index contributed by atoms with van der Waals surface area (Å²) in [5.74, 6) is -0.671. The van der Waals surface area contributed by atoms with E-state index >= 15 is 0 Å². The van der Waals surface area contributed by atoms with E-state index in [4.69, 9.17) is 16.0 Å². The monoisotopic (exact) mass is 439 g/mol. The molecule has 0 bridgehead atoms. The van der Waals surface area contributed by atoms with Gasteiger partial charge >= 0.3 is 5.76 Å². The van der Waals surface area contributed by atoms with Gasteiger partial charge in [-0.3, -0.25) is 14.3 Å². The molecule has 4 aromatic rings. The number of aryl methyl sites for hydroxylation is 1. The van der Waals surface area contributed by atoms with Crippen LogP contribution in [0.5, 0.6) is 0 Å². The van der Waals surface area contributed by atoms with Gasteiger partial charge in [-0.1, -0.05) is 48.0 Å². The number of carbonyl (C=O) groups excluding carboxylic acids is 1. The third-order valence-corrected chi connectivity index (χ3v) is 5.68. The maximum atomic E-state index is 13.0. The molecular formula is C22H18ClN3O3S. The van der Waals surface area contributed by atoms with Gasteiger partial charge in [-0.05, 0) is 12.1 Å². The molecule has 0 spiro atoms. The number of hydrogen-bond donors (Lipinski definition) is 0. The highest BCUT2D eigenvalue weighted by Gasteiger charge is 2.19. The summed E-state index contributed by atoms with van der Waals surface area (Å²) in [4.78, 5) is 31.3. The highest BCUT2D eigenvalue weighted by molar-refractivity contribution is 7.14.